The van der Waals surface area contributed by atoms with Crippen LogP contribution in [0, 0.1) is 0 Å². The van der Waals surface area contributed by atoms with Crippen molar-refractivity contribution in [3.05, 3.63) is 52.5 Å². The van der Waals surface area contributed by atoms with Crippen molar-refractivity contribution in [1.29, 1.82) is 0 Å². The molecule has 0 bridgehead atoms. The first-order valence-electron chi connectivity index (χ1n) is 7.86. The van der Waals surface area contributed by atoms with Crippen molar-refractivity contribution in [2.75, 3.05) is 19.7 Å². The molecule has 0 radical (unpaired) electrons. The normalized spacial score (nSPS) is 10.2. The molecule has 2 rings (SSSR count). The summed E-state index contributed by atoms with van der Waals surface area (Å²) in [6.45, 7) is 3.34. The predicted molar refractivity (Wildman–Crippen MR) is 96.6 cm³/mol. The van der Waals surface area contributed by atoms with Crippen LogP contribution in [-0.2, 0) is 0 Å². The van der Waals surface area contributed by atoms with E-state index in [4.69, 9.17) is 4.74 Å². The lowest BCUT2D eigenvalue weighted by molar-refractivity contribution is 0.0947. The maximum atomic E-state index is 12.1. The van der Waals surface area contributed by atoms with Crippen LogP contribution in [-0.4, -0.2) is 41.5 Å². The molecule has 2 amide bonds. The van der Waals surface area contributed by atoms with Crippen molar-refractivity contribution >= 4 is 27.7 Å². The molecule has 0 aliphatic heterocycles. The first kappa shape index (κ1) is 18.9. The molecule has 1 aromatic carbocycles. The number of nitrogens with one attached hydrogen (secondary N) is 2. The van der Waals surface area contributed by atoms with Gasteiger partial charge in [0.1, 0.15) is 11.4 Å². The number of aromatic nitrogens is 2. The monoisotopic (exact) mass is 406 g/mol. The van der Waals surface area contributed by atoms with Gasteiger partial charge in [-0.15, -0.1) is 0 Å². The van der Waals surface area contributed by atoms with Crippen molar-refractivity contribution in [3.8, 4) is 5.75 Å². The molecule has 0 saturated heterocycles. The number of carbonyl (C=O) groups is 2. The van der Waals surface area contributed by atoms with E-state index >= 15 is 0 Å². The van der Waals surface area contributed by atoms with Gasteiger partial charge in [0.05, 0.1) is 17.3 Å². The molecule has 8 heteroatoms. The van der Waals surface area contributed by atoms with Crippen molar-refractivity contribution in [1.82, 2.24) is 20.6 Å². The standard InChI is InChI=1S/C17H19BrN4O3/c1-2-25-15-5-4-12(10-13(15)18)16(23)21-6-3-7-22-17(24)14-11-19-8-9-20-14/h4-5,8-11H,2-3,6-7H2,1H3,(H,21,23)(H,22,24). The van der Waals surface area contributed by atoms with Crippen molar-refractivity contribution < 1.29 is 14.3 Å². The highest BCUT2D eigenvalue weighted by Gasteiger charge is 2.09. The zero-order valence-corrected chi connectivity index (χ0v) is 15.4. The second kappa shape index (κ2) is 9.73. The zero-order chi connectivity index (χ0) is 18.1. The van der Waals surface area contributed by atoms with Gasteiger partial charge in [-0.25, -0.2) is 4.98 Å². The number of nitrogens with zero attached hydrogens (tertiary/aromatic N) is 2. The fourth-order valence-corrected chi connectivity index (χ4v) is 2.51. The lowest BCUT2D eigenvalue weighted by Gasteiger charge is -2.09. The Labute approximate surface area is 154 Å². The van der Waals surface area contributed by atoms with Crippen LogP contribution >= 0.6 is 15.9 Å². The van der Waals surface area contributed by atoms with Crippen molar-refractivity contribution in [2.24, 2.45) is 0 Å². The highest BCUT2D eigenvalue weighted by atomic mass is 79.9. The third kappa shape index (κ3) is 5.82. The molecule has 0 aliphatic rings. The Morgan fingerprint density at radius 1 is 1.16 bits per heavy atom. The lowest BCUT2D eigenvalue weighted by Crippen LogP contribution is -2.30. The van der Waals surface area contributed by atoms with Crippen LogP contribution in [0.1, 0.15) is 34.2 Å². The molecule has 0 spiro atoms. The fraction of sp³-hybridized carbons (Fsp3) is 0.294. The molecule has 7 nitrogen and oxygen atoms in total. The number of rotatable bonds is 8. The largest absolute Gasteiger partial charge is 0.493 e. The summed E-state index contributed by atoms with van der Waals surface area (Å²) in [5.41, 5.74) is 0.810. The van der Waals surface area contributed by atoms with Crippen LogP contribution in [0.15, 0.2) is 41.3 Å². The van der Waals surface area contributed by atoms with Crippen LogP contribution in [0.2, 0.25) is 0 Å². The van der Waals surface area contributed by atoms with Crippen molar-refractivity contribution in [2.45, 2.75) is 13.3 Å². The summed E-state index contributed by atoms with van der Waals surface area (Å²) < 4.78 is 6.15. The minimum atomic E-state index is -0.283. The number of carbonyl (C=O) groups excluding carboxylic acids is 2. The Kier molecular flexibility index (Phi) is 7.34. The highest BCUT2D eigenvalue weighted by Crippen LogP contribution is 2.25. The van der Waals surface area contributed by atoms with E-state index in [9.17, 15) is 9.59 Å². The summed E-state index contributed by atoms with van der Waals surface area (Å²) in [4.78, 5) is 31.6. The summed E-state index contributed by atoms with van der Waals surface area (Å²) in [5, 5.41) is 5.54. The van der Waals surface area contributed by atoms with E-state index in [1.807, 2.05) is 6.92 Å². The van der Waals surface area contributed by atoms with Crippen molar-refractivity contribution in [3.63, 3.8) is 0 Å². The summed E-state index contributed by atoms with van der Waals surface area (Å²) in [6, 6.07) is 5.18. The predicted octanol–water partition coefficient (Wildman–Crippen LogP) is 2.19. The first-order chi connectivity index (χ1) is 12.1. The topological polar surface area (TPSA) is 93.2 Å². The maximum absolute atomic E-state index is 12.1. The molecule has 0 fully saturated rings. The summed E-state index contributed by atoms with van der Waals surface area (Å²) in [6.07, 6.45) is 4.98. The van der Waals surface area contributed by atoms with Gasteiger partial charge in [-0.3, -0.25) is 14.6 Å². The van der Waals surface area contributed by atoms with Gasteiger partial charge >= 0.3 is 0 Å². The van der Waals surface area contributed by atoms with Gasteiger partial charge in [0, 0.05) is 31.0 Å². The maximum Gasteiger partial charge on any atom is 0.271 e. The average molecular weight is 407 g/mol. The smallest absolute Gasteiger partial charge is 0.271 e. The summed E-state index contributed by atoms with van der Waals surface area (Å²) in [5.74, 6) is 0.240. The molecular formula is C17H19BrN4O3. The molecule has 2 N–H and O–H groups in total. The minimum absolute atomic E-state index is 0.177. The van der Waals surface area contributed by atoms with Gasteiger partial charge in [0.25, 0.3) is 11.8 Å². The molecule has 0 saturated carbocycles. The molecule has 25 heavy (non-hydrogen) atoms. The Balaban J connectivity index is 1.72. The Bertz CT molecular complexity index is 725. The number of halogens is 1. The quantitative estimate of drug-likeness (QED) is 0.655. The first-order valence-corrected chi connectivity index (χ1v) is 8.66. The molecule has 0 aliphatic carbocycles. The molecular weight excluding hydrogens is 388 g/mol. The van der Waals surface area contributed by atoms with Gasteiger partial charge in [-0.1, -0.05) is 0 Å². The lowest BCUT2D eigenvalue weighted by atomic mass is 10.2. The third-order valence-corrected chi connectivity index (χ3v) is 3.83. The molecule has 2 aromatic rings. The van der Waals surface area contributed by atoms with E-state index in [1.165, 1.54) is 18.6 Å². The number of benzene rings is 1. The molecule has 0 atom stereocenters. The van der Waals surface area contributed by atoms with Crippen LogP contribution in [0.25, 0.3) is 0 Å². The van der Waals surface area contributed by atoms with E-state index < -0.39 is 0 Å². The van der Waals surface area contributed by atoms with Gasteiger partial charge in [-0.2, -0.15) is 0 Å². The summed E-state index contributed by atoms with van der Waals surface area (Å²) in [7, 11) is 0. The van der Waals surface area contributed by atoms with E-state index in [0.29, 0.717) is 37.4 Å². The molecule has 132 valence electrons. The van der Waals surface area contributed by atoms with Crippen LogP contribution in [0.4, 0.5) is 0 Å². The second-order valence-electron chi connectivity index (χ2n) is 5.03. The molecule has 0 unspecified atom stereocenters. The third-order valence-electron chi connectivity index (χ3n) is 3.21. The van der Waals surface area contributed by atoms with Gasteiger partial charge in [0.2, 0.25) is 0 Å². The molecule has 1 aromatic heterocycles. The van der Waals surface area contributed by atoms with Gasteiger partial charge in [-0.05, 0) is 47.5 Å². The Morgan fingerprint density at radius 2 is 1.92 bits per heavy atom. The van der Waals surface area contributed by atoms with E-state index in [1.54, 1.807) is 18.2 Å². The number of hydrogen-bond acceptors (Lipinski definition) is 5. The van der Waals surface area contributed by atoms with Crippen LogP contribution in [0.3, 0.4) is 0 Å². The minimum Gasteiger partial charge on any atom is -0.493 e. The average Bonchev–Trinajstić information content (AvgIpc) is 2.63. The number of ether oxygens (including phenoxy) is 1. The van der Waals surface area contributed by atoms with E-state index in [2.05, 4.69) is 36.5 Å². The zero-order valence-electron chi connectivity index (χ0n) is 13.8. The Morgan fingerprint density at radius 3 is 2.56 bits per heavy atom. The van der Waals surface area contributed by atoms with Crippen LogP contribution < -0.4 is 15.4 Å². The summed E-state index contributed by atoms with van der Waals surface area (Å²) >= 11 is 3.38. The SMILES string of the molecule is CCOc1ccc(C(=O)NCCCNC(=O)c2cnccn2)cc1Br. The van der Waals surface area contributed by atoms with Gasteiger partial charge < -0.3 is 15.4 Å². The fourth-order valence-electron chi connectivity index (χ4n) is 2.02. The number of amides is 2. The van der Waals surface area contributed by atoms with Gasteiger partial charge in [0.15, 0.2) is 0 Å². The van der Waals surface area contributed by atoms with E-state index in [-0.39, 0.29) is 17.5 Å². The van der Waals surface area contributed by atoms with E-state index in [0.717, 1.165) is 4.47 Å². The molecule has 1 heterocycles. The number of hydrogen-bond donors (Lipinski definition) is 2. The Hall–Kier alpha value is -2.48. The second-order valence-corrected chi connectivity index (χ2v) is 5.89. The van der Waals surface area contributed by atoms with Crippen LogP contribution in [0.5, 0.6) is 5.75 Å². The highest BCUT2D eigenvalue weighted by molar-refractivity contribution is 9.10.